The molecule has 3 N–H and O–H groups in total. The molecule has 1 atom stereocenters. The average Bonchev–Trinajstić information content (AvgIpc) is 3.19. The molecule has 138 valence electrons. The van der Waals surface area contributed by atoms with Crippen LogP contribution in [0.2, 0.25) is 0 Å². The summed E-state index contributed by atoms with van der Waals surface area (Å²) < 4.78 is 10.6. The maximum absolute atomic E-state index is 10.3. The summed E-state index contributed by atoms with van der Waals surface area (Å²) in [7, 11) is 3.16. The molecule has 0 spiro atoms. The van der Waals surface area contributed by atoms with Crippen LogP contribution in [0.15, 0.2) is 29.3 Å². The molecule has 0 aliphatic carbocycles. The van der Waals surface area contributed by atoms with Gasteiger partial charge in [0.15, 0.2) is 11.5 Å². The first-order valence-corrected chi connectivity index (χ1v) is 8.95. The molecule has 0 radical (unpaired) electrons. The molecule has 2 aromatic rings. The standard InChI is InChI=1S/C18H21N3O4S/c1-10(22)7-21-8-13(23)16(17(21)19)18-20-12(9-26-18)11-4-5-14(24-2)15(6-11)25-3/h4-6,9-10,19,22-23H,7-8H2,1-3H3. The second-order valence-electron chi connectivity index (χ2n) is 6.01. The van der Waals surface area contributed by atoms with E-state index in [0.717, 1.165) is 11.3 Å². The van der Waals surface area contributed by atoms with Gasteiger partial charge in [0.1, 0.15) is 16.6 Å². The Hall–Kier alpha value is -2.58. The van der Waals surface area contributed by atoms with Crippen LogP contribution in [-0.2, 0) is 0 Å². The molecule has 1 aromatic heterocycles. The van der Waals surface area contributed by atoms with Crippen LogP contribution in [0.1, 0.15) is 11.9 Å². The van der Waals surface area contributed by atoms with Crippen LogP contribution >= 0.6 is 11.3 Å². The number of benzene rings is 1. The molecular formula is C18H21N3O4S. The number of nitrogens with zero attached hydrogens (tertiary/aromatic N) is 2. The van der Waals surface area contributed by atoms with Crippen LogP contribution in [0.4, 0.5) is 0 Å². The number of nitrogens with one attached hydrogen (secondary N) is 1. The lowest BCUT2D eigenvalue weighted by Crippen LogP contribution is -2.33. The van der Waals surface area contributed by atoms with Crippen molar-refractivity contribution in [1.29, 1.82) is 5.41 Å². The van der Waals surface area contributed by atoms with Crippen LogP contribution in [0.3, 0.4) is 0 Å². The van der Waals surface area contributed by atoms with Gasteiger partial charge >= 0.3 is 0 Å². The van der Waals surface area contributed by atoms with Crippen molar-refractivity contribution in [2.24, 2.45) is 0 Å². The Morgan fingerprint density at radius 3 is 2.69 bits per heavy atom. The Balaban J connectivity index is 1.89. The number of rotatable bonds is 6. The van der Waals surface area contributed by atoms with Crippen LogP contribution in [0, 0.1) is 5.41 Å². The third-order valence-electron chi connectivity index (χ3n) is 4.06. The number of aliphatic hydroxyl groups is 2. The van der Waals surface area contributed by atoms with Crippen LogP contribution in [0.25, 0.3) is 16.8 Å². The Labute approximate surface area is 155 Å². The first kappa shape index (κ1) is 18.2. The number of amidine groups is 1. The number of hydrogen-bond donors (Lipinski definition) is 3. The zero-order valence-electron chi connectivity index (χ0n) is 14.8. The molecule has 8 heteroatoms. The van der Waals surface area contributed by atoms with E-state index >= 15 is 0 Å². The number of aromatic nitrogens is 1. The first-order valence-electron chi connectivity index (χ1n) is 8.07. The number of thiazole rings is 1. The average molecular weight is 375 g/mol. The fraction of sp³-hybridized carbons (Fsp3) is 0.333. The minimum Gasteiger partial charge on any atom is -0.510 e. The van der Waals surface area contributed by atoms with E-state index in [4.69, 9.17) is 14.9 Å². The van der Waals surface area contributed by atoms with Gasteiger partial charge in [-0.2, -0.15) is 0 Å². The van der Waals surface area contributed by atoms with Crippen molar-refractivity contribution >= 4 is 22.7 Å². The highest BCUT2D eigenvalue weighted by Gasteiger charge is 2.30. The van der Waals surface area contributed by atoms with Crippen LogP contribution in [0.5, 0.6) is 11.5 Å². The lowest BCUT2D eigenvalue weighted by atomic mass is 10.1. The fourth-order valence-electron chi connectivity index (χ4n) is 2.85. The lowest BCUT2D eigenvalue weighted by Gasteiger charge is -2.19. The lowest BCUT2D eigenvalue weighted by molar-refractivity contribution is 0.160. The van der Waals surface area contributed by atoms with Gasteiger partial charge in [-0.15, -0.1) is 11.3 Å². The summed E-state index contributed by atoms with van der Waals surface area (Å²) in [5.74, 6) is 1.53. The molecule has 0 bridgehead atoms. The minimum absolute atomic E-state index is 0.101. The predicted octanol–water partition coefficient (Wildman–Crippen LogP) is 2.77. The fourth-order valence-corrected chi connectivity index (χ4v) is 3.75. The summed E-state index contributed by atoms with van der Waals surface area (Å²) in [4.78, 5) is 6.21. The van der Waals surface area contributed by atoms with Gasteiger partial charge in [-0.25, -0.2) is 4.98 Å². The van der Waals surface area contributed by atoms with Crippen molar-refractivity contribution in [2.75, 3.05) is 27.3 Å². The monoisotopic (exact) mass is 375 g/mol. The second-order valence-corrected chi connectivity index (χ2v) is 6.87. The smallest absolute Gasteiger partial charge is 0.161 e. The molecule has 1 aliphatic heterocycles. The molecule has 1 aromatic carbocycles. The SMILES string of the molecule is COc1ccc(-c2csc(C3=C(O)CN(CC(C)O)C3=N)n2)cc1OC. The quantitative estimate of drug-likeness (QED) is 0.718. The number of hydrogen-bond acceptors (Lipinski definition) is 7. The van der Waals surface area contributed by atoms with Gasteiger partial charge in [-0.1, -0.05) is 0 Å². The highest BCUT2D eigenvalue weighted by Crippen LogP contribution is 2.35. The van der Waals surface area contributed by atoms with Crippen molar-refractivity contribution in [1.82, 2.24) is 9.88 Å². The Morgan fingerprint density at radius 2 is 2.04 bits per heavy atom. The molecule has 0 amide bonds. The predicted molar refractivity (Wildman–Crippen MR) is 101 cm³/mol. The highest BCUT2D eigenvalue weighted by atomic mass is 32.1. The maximum atomic E-state index is 10.3. The Morgan fingerprint density at radius 1 is 1.31 bits per heavy atom. The third kappa shape index (κ3) is 3.38. The summed E-state index contributed by atoms with van der Waals surface area (Å²) in [6.45, 7) is 2.16. The molecule has 1 aliphatic rings. The van der Waals surface area contributed by atoms with Crippen molar-refractivity contribution in [3.63, 3.8) is 0 Å². The van der Waals surface area contributed by atoms with Gasteiger partial charge in [-0.3, -0.25) is 5.41 Å². The van der Waals surface area contributed by atoms with Crippen molar-refractivity contribution in [2.45, 2.75) is 13.0 Å². The second kappa shape index (κ2) is 7.35. The highest BCUT2D eigenvalue weighted by molar-refractivity contribution is 7.11. The van der Waals surface area contributed by atoms with E-state index < -0.39 is 6.10 Å². The zero-order chi connectivity index (χ0) is 18.8. The molecule has 0 saturated heterocycles. The molecule has 2 heterocycles. The topological polar surface area (TPSA) is 98.9 Å². The third-order valence-corrected chi connectivity index (χ3v) is 4.92. The van der Waals surface area contributed by atoms with Gasteiger partial charge < -0.3 is 24.6 Å². The van der Waals surface area contributed by atoms with Crippen LogP contribution in [-0.4, -0.2) is 59.3 Å². The van der Waals surface area contributed by atoms with Crippen molar-refractivity contribution in [3.8, 4) is 22.8 Å². The molecular weight excluding hydrogens is 354 g/mol. The minimum atomic E-state index is -0.582. The van der Waals surface area contributed by atoms with E-state index in [1.165, 1.54) is 11.3 Å². The van der Waals surface area contributed by atoms with E-state index in [0.29, 0.717) is 28.6 Å². The van der Waals surface area contributed by atoms with E-state index in [1.807, 2.05) is 23.6 Å². The van der Waals surface area contributed by atoms with Gasteiger partial charge in [0.2, 0.25) is 0 Å². The Kier molecular flexibility index (Phi) is 5.15. The van der Waals surface area contributed by atoms with Crippen LogP contribution < -0.4 is 9.47 Å². The van der Waals surface area contributed by atoms with E-state index in [9.17, 15) is 10.2 Å². The first-order chi connectivity index (χ1) is 12.4. The molecule has 0 saturated carbocycles. The van der Waals surface area contributed by atoms with Gasteiger partial charge in [0.25, 0.3) is 0 Å². The molecule has 7 nitrogen and oxygen atoms in total. The summed E-state index contributed by atoms with van der Waals surface area (Å²) in [6.07, 6.45) is -0.582. The molecule has 1 unspecified atom stereocenters. The van der Waals surface area contributed by atoms with Gasteiger partial charge in [0, 0.05) is 17.5 Å². The number of methoxy groups -OCH3 is 2. The molecule has 26 heavy (non-hydrogen) atoms. The number of β-amino-alcohol motifs (C(OH)–C–C–N with tert-alkyl or cyclic N) is 1. The van der Waals surface area contributed by atoms with E-state index in [2.05, 4.69) is 4.98 Å². The van der Waals surface area contributed by atoms with E-state index in [-0.39, 0.29) is 18.1 Å². The molecule has 0 fully saturated rings. The molecule has 3 rings (SSSR count). The van der Waals surface area contributed by atoms with Crippen molar-refractivity contribution < 1.29 is 19.7 Å². The Bertz CT molecular complexity index is 860. The summed E-state index contributed by atoms with van der Waals surface area (Å²) >= 11 is 1.36. The zero-order valence-corrected chi connectivity index (χ0v) is 15.6. The summed E-state index contributed by atoms with van der Waals surface area (Å²) in [5.41, 5.74) is 2.01. The maximum Gasteiger partial charge on any atom is 0.161 e. The largest absolute Gasteiger partial charge is 0.510 e. The number of ether oxygens (including phenoxy) is 2. The van der Waals surface area contributed by atoms with Gasteiger partial charge in [0.05, 0.1) is 38.1 Å². The normalized spacial score (nSPS) is 15.5. The van der Waals surface area contributed by atoms with E-state index in [1.54, 1.807) is 26.0 Å². The number of aliphatic hydroxyl groups excluding tert-OH is 2. The van der Waals surface area contributed by atoms with Gasteiger partial charge in [-0.05, 0) is 25.1 Å². The van der Waals surface area contributed by atoms with Crippen molar-refractivity contribution in [3.05, 3.63) is 34.3 Å². The summed E-state index contributed by atoms with van der Waals surface area (Å²) in [6, 6.07) is 5.53. The summed E-state index contributed by atoms with van der Waals surface area (Å²) in [5, 5.41) is 30.6.